The molecule has 0 heterocycles. The summed E-state index contributed by atoms with van der Waals surface area (Å²) in [5.74, 6) is -1.92. The quantitative estimate of drug-likeness (QED) is 0.798. The van der Waals surface area contributed by atoms with Gasteiger partial charge in [0, 0.05) is 0 Å². The number of esters is 1. The van der Waals surface area contributed by atoms with Gasteiger partial charge in [0.05, 0.1) is 12.7 Å². The van der Waals surface area contributed by atoms with Gasteiger partial charge < -0.3 is 19.9 Å². The minimum Gasteiger partial charge on any atom is -0.493 e. The maximum Gasteiger partial charge on any atom is 0.387 e. The van der Waals surface area contributed by atoms with Crippen molar-refractivity contribution in [1.29, 1.82) is 0 Å². The number of hydrogen-bond acceptors (Lipinski definition) is 5. The largest absolute Gasteiger partial charge is 0.493 e. The van der Waals surface area contributed by atoms with E-state index in [0.29, 0.717) is 0 Å². The second-order valence-corrected chi connectivity index (χ2v) is 3.69. The van der Waals surface area contributed by atoms with Crippen LogP contribution in [0.2, 0.25) is 0 Å². The van der Waals surface area contributed by atoms with Crippen LogP contribution in [0.3, 0.4) is 0 Å². The van der Waals surface area contributed by atoms with E-state index in [-0.39, 0.29) is 17.1 Å². The van der Waals surface area contributed by atoms with Crippen LogP contribution in [0.15, 0.2) is 18.2 Å². The zero-order chi connectivity index (χ0) is 15.3. The number of carbonyl (C=O) groups is 2. The Labute approximate surface area is 113 Å². The van der Waals surface area contributed by atoms with E-state index in [1.54, 1.807) is 0 Å². The van der Waals surface area contributed by atoms with Crippen molar-refractivity contribution in [3.8, 4) is 11.5 Å². The minimum absolute atomic E-state index is 0.0107. The molecule has 0 saturated carbocycles. The van der Waals surface area contributed by atoms with Crippen LogP contribution < -0.4 is 15.2 Å². The highest BCUT2D eigenvalue weighted by Gasteiger charge is 2.18. The molecule has 20 heavy (non-hydrogen) atoms. The Balaban J connectivity index is 2.92. The van der Waals surface area contributed by atoms with E-state index < -0.39 is 24.6 Å². The Morgan fingerprint density at radius 2 is 1.90 bits per heavy atom. The van der Waals surface area contributed by atoms with Gasteiger partial charge in [0.1, 0.15) is 0 Å². The monoisotopic (exact) mass is 289 g/mol. The summed E-state index contributed by atoms with van der Waals surface area (Å²) in [6, 6.07) is 3.50. The van der Waals surface area contributed by atoms with E-state index in [1.165, 1.54) is 20.1 Å². The third kappa shape index (κ3) is 4.08. The number of amides is 1. The van der Waals surface area contributed by atoms with Crippen LogP contribution in [0.4, 0.5) is 8.78 Å². The molecule has 0 aromatic heterocycles. The molecule has 0 saturated heterocycles. The van der Waals surface area contributed by atoms with Crippen LogP contribution in [0.1, 0.15) is 17.3 Å². The van der Waals surface area contributed by atoms with Gasteiger partial charge in [-0.1, -0.05) is 0 Å². The van der Waals surface area contributed by atoms with E-state index in [1.807, 2.05) is 0 Å². The number of methoxy groups -OCH3 is 1. The average molecular weight is 289 g/mol. The fourth-order valence-corrected chi connectivity index (χ4v) is 1.27. The molecule has 0 bridgehead atoms. The fourth-order valence-electron chi connectivity index (χ4n) is 1.27. The summed E-state index contributed by atoms with van der Waals surface area (Å²) in [6.07, 6.45) is -1.11. The number of ether oxygens (including phenoxy) is 3. The van der Waals surface area contributed by atoms with Gasteiger partial charge in [-0.2, -0.15) is 8.78 Å². The summed E-state index contributed by atoms with van der Waals surface area (Å²) in [5.41, 5.74) is 4.96. The van der Waals surface area contributed by atoms with Crippen molar-refractivity contribution in [2.24, 2.45) is 5.73 Å². The lowest BCUT2D eigenvalue weighted by Gasteiger charge is -2.12. The molecule has 2 N–H and O–H groups in total. The predicted molar refractivity (Wildman–Crippen MR) is 63.7 cm³/mol. The number of primary amides is 1. The first kappa shape index (κ1) is 15.7. The van der Waals surface area contributed by atoms with Crippen molar-refractivity contribution in [3.63, 3.8) is 0 Å². The van der Waals surface area contributed by atoms with Crippen molar-refractivity contribution in [2.75, 3.05) is 7.11 Å². The van der Waals surface area contributed by atoms with Gasteiger partial charge in [0.25, 0.3) is 5.91 Å². The molecular formula is C12H13F2NO5. The molecule has 0 radical (unpaired) electrons. The Hall–Kier alpha value is -2.38. The van der Waals surface area contributed by atoms with E-state index in [0.717, 1.165) is 12.1 Å². The predicted octanol–water partition coefficient (Wildman–Crippen LogP) is 1.33. The normalized spacial score (nSPS) is 11.8. The van der Waals surface area contributed by atoms with Crippen molar-refractivity contribution in [1.82, 2.24) is 0 Å². The number of halogens is 2. The molecule has 0 spiro atoms. The molecule has 0 aliphatic rings. The summed E-state index contributed by atoms with van der Waals surface area (Å²) >= 11 is 0. The first-order valence-electron chi connectivity index (χ1n) is 5.48. The molecule has 0 aliphatic heterocycles. The van der Waals surface area contributed by atoms with Crippen LogP contribution >= 0.6 is 0 Å². The lowest BCUT2D eigenvalue weighted by molar-refractivity contribution is -0.125. The molecule has 6 nitrogen and oxygen atoms in total. The summed E-state index contributed by atoms with van der Waals surface area (Å²) in [5, 5.41) is 0. The minimum atomic E-state index is -3.02. The van der Waals surface area contributed by atoms with E-state index in [2.05, 4.69) is 4.74 Å². The number of hydrogen-bond donors (Lipinski definition) is 1. The van der Waals surface area contributed by atoms with Gasteiger partial charge in [-0.15, -0.1) is 0 Å². The average Bonchev–Trinajstić information content (AvgIpc) is 2.38. The van der Waals surface area contributed by atoms with E-state index in [4.69, 9.17) is 15.2 Å². The number of benzene rings is 1. The lowest BCUT2D eigenvalue weighted by atomic mass is 10.2. The molecule has 8 heteroatoms. The molecule has 1 amide bonds. The van der Waals surface area contributed by atoms with Gasteiger partial charge >= 0.3 is 12.6 Å². The topological polar surface area (TPSA) is 87.9 Å². The first-order valence-corrected chi connectivity index (χ1v) is 5.48. The zero-order valence-corrected chi connectivity index (χ0v) is 10.8. The number of carbonyl (C=O) groups excluding carboxylic acids is 2. The van der Waals surface area contributed by atoms with Gasteiger partial charge in [-0.05, 0) is 25.1 Å². The second-order valence-electron chi connectivity index (χ2n) is 3.69. The molecule has 1 atom stereocenters. The molecule has 0 fully saturated rings. The Morgan fingerprint density at radius 1 is 1.25 bits per heavy atom. The lowest BCUT2D eigenvalue weighted by Crippen LogP contribution is -2.30. The first-order chi connectivity index (χ1) is 9.35. The van der Waals surface area contributed by atoms with Gasteiger partial charge in [-0.3, -0.25) is 4.79 Å². The summed E-state index contributed by atoms with van der Waals surface area (Å²) in [4.78, 5) is 22.5. The Morgan fingerprint density at radius 3 is 2.40 bits per heavy atom. The van der Waals surface area contributed by atoms with Crippen LogP contribution in [-0.4, -0.2) is 31.7 Å². The highest BCUT2D eigenvalue weighted by molar-refractivity contribution is 5.92. The molecule has 1 aromatic carbocycles. The highest BCUT2D eigenvalue weighted by Crippen LogP contribution is 2.29. The summed E-state index contributed by atoms with van der Waals surface area (Å²) in [7, 11) is 1.23. The second kappa shape index (κ2) is 6.69. The SMILES string of the molecule is COc1cc(C(=O)O[C@@H](C)C(N)=O)ccc1OC(F)F. The maximum atomic E-state index is 12.1. The molecule has 1 aromatic rings. The smallest absolute Gasteiger partial charge is 0.387 e. The van der Waals surface area contributed by atoms with Crippen molar-refractivity contribution < 1.29 is 32.6 Å². The van der Waals surface area contributed by atoms with Gasteiger partial charge in [0.15, 0.2) is 17.6 Å². The summed E-state index contributed by atoms with van der Waals surface area (Å²) < 4.78 is 38.1. The number of alkyl halides is 2. The van der Waals surface area contributed by atoms with Crippen LogP contribution in [0.25, 0.3) is 0 Å². The van der Waals surface area contributed by atoms with Crippen molar-refractivity contribution >= 4 is 11.9 Å². The summed E-state index contributed by atoms with van der Waals surface area (Å²) in [6.45, 7) is -1.71. The van der Waals surface area contributed by atoms with Crippen LogP contribution in [0, 0.1) is 0 Å². The van der Waals surface area contributed by atoms with Crippen molar-refractivity contribution in [3.05, 3.63) is 23.8 Å². The standard InChI is InChI=1S/C12H13F2NO5/c1-6(10(15)16)19-11(17)7-3-4-8(20-12(13)14)9(5-7)18-2/h3-6,12H,1-2H3,(H2,15,16)/t6-/m0/s1. The van der Waals surface area contributed by atoms with E-state index in [9.17, 15) is 18.4 Å². The van der Waals surface area contributed by atoms with Crippen LogP contribution in [-0.2, 0) is 9.53 Å². The zero-order valence-electron chi connectivity index (χ0n) is 10.8. The van der Waals surface area contributed by atoms with E-state index >= 15 is 0 Å². The molecule has 0 unspecified atom stereocenters. The Kier molecular flexibility index (Phi) is 5.24. The van der Waals surface area contributed by atoms with Gasteiger partial charge in [-0.25, -0.2) is 4.79 Å². The van der Waals surface area contributed by atoms with Gasteiger partial charge in [0.2, 0.25) is 0 Å². The van der Waals surface area contributed by atoms with Crippen LogP contribution in [0.5, 0.6) is 11.5 Å². The maximum absolute atomic E-state index is 12.1. The molecule has 0 aliphatic carbocycles. The highest BCUT2D eigenvalue weighted by atomic mass is 19.3. The third-order valence-corrected chi connectivity index (χ3v) is 2.30. The third-order valence-electron chi connectivity index (χ3n) is 2.30. The molecule has 110 valence electrons. The number of nitrogens with two attached hydrogens (primary N) is 1. The molecule has 1 rings (SSSR count). The Bertz CT molecular complexity index is 507. The van der Waals surface area contributed by atoms with Crippen molar-refractivity contribution in [2.45, 2.75) is 19.6 Å². The fraction of sp³-hybridized carbons (Fsp3) is 0.333. The molecular weight excluding hydrogens is 276 g/mol. The number of rotatable bonds is 6.